The fourth-order valence-electron chi connectivity index (χ4n) is 2.48. The molecule has 0 unspecified atom stereocenters. The highest BCUT2D eigenvalue weighted by atomic mass is 127. The number of benzene rings is 2. The molecular weight excluding hydrogens is 441 g/mol. The molecule has 26 heavy (non-hydrogen) atoms. The molecule has 2 aromatic carbocycles. The second kappa shape index (κ2) is 10.8. The van der Waals surface area contributed by atoms with Gasteiger partial charge in [0, 0.05) is 29.4 Å². The Bertz CT molecular complexity index is 722. The van der Waals surface area contributed by atoms with Gasteiger partial charge in [-0.15, -0.1) is 0 Å². The molecule has 0 radical (unpaired) electrons. The normalized spacial score (nSPS) is 10.2. The van der Waals surface area contributed by atoms with Gasteiger partial charge in [-0.25, -0.2) is 0 Å². The molecule has 2 aromatic rings. The Morgan fingerprint density at radius 2 is 1.65 bits per heavy atom. The minimum Gasteiger partial charge on any atom is -0.375 e. The number of amides is 2. The first kappa shape index (κ1) is 20.2. The molecule has 0 saturated heterocycles. The Labute approximate surface area is 168 Å². The van der Waals surface area contributed by atoms with Crippen molar-refractivity contribution in [1.29, 1.82) is 0 Å². The summed E-state index contributed by atoms with van der Waals surface area (Å²) in [6.07, 6.45) is 1.88. The average molecular weight is 465 g/mol. The molecule has 138 valence electrons. The molecule has 0 aliphatic carbocycles. The number of halogens is 1. The third-order valence-electron chi connectivity index (χ3n) is 3.97. The first-order chi connectivity index (χ1) is 12.6. The molecule has 0 bridgehead atoms. The van der Waals surface area contributed by atoms with Gasteiger partial charge in [-0.05, 0) is 59.7 Å². The summed E-state index contributed by atoms with van der Waals surface area (Å²) >= 11 is 2.11. The van der Waals surface area contributed by atoms with Crippen molar-refractivity contribution < 1.29 is 9.59 Å². The van der Waals surface area contributed by atoms with Crippen molar-refractivity contribution in [1.82, 2.24) is 10.6 Å². The first-order valence-electron chi connectivity index (χ1n) is 8.63. The van der Waals surface area contributed by atoms with Gasteiger partial charge in [0.15, 0.2) is 0 Å². The lowest BCUT2D eigenvalue weighted by Crippen LogP contribution is -2.37. The molecule has 2 amide bonds. The monoisotopic (exact) mass is 465 g/mol. The van der Waals surface area contributed by atoms with Crippen molar-refractivity contribution in [3.05, 3.63) is 63.7 Å². The number of hydrogen-bond acceptors (Lipinski definition) is 3. The molecule has 6 heteroatoms. The fraction of sp³-hybridized carbons (Fsp3) is 0.300. The van der Waals surface area contributed by atoms with Crippen molar-refractivity contribution >= 4 is 40.1 Å². The van der Waals surface area contributed by atoms with Gasteiger partial charge >= 0.3 is 0 Å². The Morgan fingerprint density at radius 3 is 2.38 bits per heavy atom. The van der Waals surface area contributed by atoms with E-state index in [9.17, 15) is 9.59 Å². The van der Waals surface area contributed by atoms with Crippen LogP contribution in [0.2, 0.25) is 0 Å². The second-order valence-corrected chi connectivity index (χ2v) is 7.14. The largest absolute Gasteiger partial charge is 0.375 e. The summed E-state index contributed by atoms with van der Waals surface area (Å²) in [6.45, 7) is 1.54. The van der Waals surface area contributed by atoms with E-state index >= 15 is 0 Å². The number of nitrogens with zero attached hydrogens (tertiary/aromatic N) is 1. The molecule has 0 aliphatic heterocycles. The lowest BCUT2D eigenvalue weighted by Gasteiger charge is -2.19. The quantitative estimate of drug-likeness (QED) is 0.442. The molecule has 0 aromatic heterocycles. The number of hydrogen-bond donors (Lipinski definition) is 2. The predicted octanol–water partition coefficient (Wildman–Crippen LogP) is 3.05. The molecule has 0 saturated carbocycles. The Hall–Kier alpha value is -2.09. The van der Waals surface area contributed by atoms with Gasteiger partial charge < -0.3 is 15.5 Å². The molecule has 0 spiro atoms. The number of rotatable bonds is 9. The zero-order valence-corrected chi connectivity index (χ0v) is 17.0. The first-order valence-corrected chi connectivity index (χ1v) is 9.71. The van der Waals surface area contributed by atoms with Crippen LogP contribution in [0.5, 0.6) is 0 Å². The summed E-state index contributed by atoms with van der Waals surface area (Å²) in [5.74, 6) is -0.393. The van der Waals surface area contributed by atoms with E-state index in [0.717, 1.165) is 23.0 Å². The SMILES string of the molecule is CN(CCCCNC(=O)CNC(=O)c1ccccc1I)c1ccccc1. The van der Waals surface area contributed by atoms with E-state index in [1.165, 1.54) is 5.69 Å². The van der Waals surface area contributed by atoms with Gasteiger partial charge in [0.1, 0.15) is 0 Å². The molecule has 0 aliphatic rings. The number of para-hydroxylation sites is 1. The minimum absolute atomic E-state index is 0.00622. The van der Waals surface area contributed by atoms with Crippen LogP contribution in [0, 0.1) is 3.57 Å². The number of carbonyl (C=O) groups excluding carboxylic acids is 2. The van der Waals surface area contributed by atoms with Gasteiger partial charge in [0.2, 0.25) is 5.91 Å². The molecule has 0 fully saturated rings. The molecule has 5 nitrogen and oxygen atoms in total. The van der Waals surface area contributed by atoms with Gasteiger partial charge in [-0.1, -0.05) is 30.3 Å². The molecule has 2 rings (SSSR count). The summed E-state index contributed by atoms with van der Waals surface area (Å²) in [4.78, 5) is 26.1. The van der Waals surface area contributed by atoms with E-state index in [2.05, 4.69) is 57.3 Å². The number of unbranched alkanes of at least 4 members (excludes halogenated alkanes) is 1. The van der Waals surface area contributed by atoms with Crippen LogP contribution in [0.25, 0.3) is 0 Å². The van der Waals surface area contributed by atoms with Crippen LogP contribution < -0.4 is 15.5 Å². The maximum Gasteiger partial charge on any atom is 0.252 e. The average Bonchev–Trinajstić information content (AvgIpc) is 2.66. The summed E-state index contributed by atoms with van der Waals surface area (Å²) in [5, 5.41) is 5.50. The standard InChI is InChI=1S/C20H24IN3O2/c1-24(16-9-3-2-4-10-16)14-8-7-13-22-19(25)15-23-20(26)17-11-5-6-12-18(17)21/h2-6,9-12H,7-8,13-15H2,1H3,(H,22,25)(H,23,26). The number of carbonyl (C=O) groups is 2. The van der Waals surface area contributed by atoms with Crippen molar-refractivity contribution in [2.24, 2.45) is 0 Å². The minimum atomic E-state index is -0.227. The summed E-state index contributed by atoms with van der Waals surface area (Å²) in [5.41, 5.74) is 1.78. The fourth-order valence-corrected chi connectivity index (χ4v) is 3.11. The summed E-state index contributed by atoms with van der Waals surface area (Å²) in [7, 11) is 2.06. The van der Waals surface area contributed by atoms with Crippen LogP contribution in [-0.4, -0.2) is 38.5 Å². The van der Waals surface area contributed by atoms with Crippen molar-refractivity contribution in [2.75, 3.05) is 31.6 Å². The maximum atomic E-state index is 12.1. The van der Waals surface area contributed by atoms with Crippen LogP contribution >= 0.6 is 22.6 Å². The van der Waals surface area contributed by atoms with Crippen LogP contribution in [0.3, 0.4) is 0 Å². The molecule has 0 atom stereocenters. The van der Waals surface area contributed by atoms with Crippen molar-refractivity contribution in [3.8, 4) is 0 Å². The predicted molar refractivity (Wildman–Crippen MR) is 113 cm³/mol. The summed E-state index contributed by atoms with van der Waals surface area (Å²) in [6, 6.07) is 17.5. The van der Waals surface area contributed by atoms with E-state index in [-0.39, 0.29) is 18.4 Å². The van der Waals surface area contributed by atoms with Gasteiger partial charge in [-0.3, -0.25) is 9.59 Å². The van der Waals surface area contributed by atoms with Crippen LogP contribution in [0.1, 0.15) is 23.2 Å². The smallest absolute Gasteiger partial charge is 0.252 e. The number of nitrogens with one attached hydrogen (secondary N) is 2. The third kappa shape index (κ3) is 6.67. The van der Waals surface area contributed by atoms with E-state index in [1.807, 2.05) is 36.4 Å². The molecule has 0 heterocycles. The second-order valence-electron chi connectivity index (χ2n) is 5.98. The van der Waals surface area contributed by atoms with Crippen molar-refractivity contribution in [2.45, 2.75) is 12.8 Å². The highest BCUT2D eigenvalue weighted by molar-refractivity contribution is 14.1. The van der Waals surface area contributed by atoms with Gasteiger partial charge in [0.05, 0.1) is 12.1 Å². The van der Waals surface area contributed by atoms with E-state index in [0.29, 0.717) is 12.1 Å². The van der Waals surface area contributed by atoms with Crippen LogP contribution in [-0.2, 0) is 4.79 Å². The molecular formula is C20H24IN3O2. The Balaban J connectivity index is 1.59. The Morgan fingerprint density at radius 1 is 0.962 bits per heavy atom. The lowest BCUT2D eigenvalue weighted by molar-refractivity contribution is -0.120. The number of anilines is 1. The van der Waals surface area contributed by atoms with Crippen LogP contribution in [0.4, 0.5) is 5.69 Å². The zero-order valence-electron chi connectivity index (χ0n) is 14.9. The third-order valence-corrected chi connectivity index (χ3v) is 4.91. The topological polar surface area (TPSA) is 61.4 Å². The highest BCUT2D eigenvalue weighted by Gasteiger charge is 2.10. The maximum absolute atomic E-state index is 12.1. The van der Waals surface area contributed by atoms with Crippen LogP contribution in [0.15, 0.2) is 54.6 Å². The lowest BCUT2D eigenvalue weighted by atomic mass is 10.2. The summed E-state index contributed by atoms with van der Waals surface area (Å²) < 4.78 is 0.866. The van der Waals surface area contributed by atoms with E-state index in [4.69, 9.17) is 0 Å². The van der Waals surface area contributed by atoms with E-state index < -0.39 is 0 Å². The van der Waals surface area contributed by atoms with E-state index in [1.54, 1.807) is 6.07 Å². The Kier molecular flexibility index (Phi) is 8.40. The van der Waals surface area contributed by atoms with Crippen molar-refractivity contribution in [3.63, 3.8) is 0 Å². The molecule has 2 N–H and O–H groups in total. The zero-order chi connectivity index (χ0) is 18.8. The van der Waals surface area contributed by atoms with Gasteiger partial charge in [0.25, 0.3) is 5.91 Å². The van der Waals surface area contributed by atoms with Gasteiger partial charge in [-0.2, -0.15) is 0 Å². The highest BCUT2D eigenvalue weighted by Crippen LogP contribution is 2.12.